The van der Waals surface area contributed by atoms with Crippen LogP contribution in [-0.2, 0) is 11.4 Å². The van der Waals surface area contributed by atoms with Gasteiger partial charge in [-0.15, -0.1) is 0 Å². The number of hydrogen-bond donors (Lipinski definition) is 2. The van der Waals surface area contributed by atoms with E-state index in [9.17, 15) is 9.18 Å². The molecular weight excluding hydrogens is 571 g/mol. The van der Waals surface area contributed by atoms with Crippen molar-refractivity contribution in [2.45, 2.75) is 26.4 Å². The van der Waals surface area contributed by atoms with E-state index in [4.69, 9.17) is 21.1 Å². The molecule has 1 amide bonds. The minimum atomic E-state index is -0.317. The average Bonchev–Trinajstić information content (AvgIpc) is 3.46. The number of fused-ring (bicyclic) bond motifs is 1. The standard InChI is InChI=1S/C29H28ClFN4O3S2/c1-2-37-27-13-24-22(12-25(27)35-28(36)9-6-19-15-39-40-16-19)29(33-17-32-24)34-21-7-8-26(23(30)11-21)38-14-18-4-3-5-20(31)10-18/h3-5,7-8,10-13,17,19H,2,6,9,14-16H2,1H3,(H,35,36)(H,32,33,34). The Morgan fingerprint density at radius 2 is 1.93 bits per heavy atom. The van der Waals surface area contributed by atoms with Crippen LogP contribution in [0.1, 0.15) is 25.3 Å². The van der Waals surface area contributed by atoms with Gasteiger partial charge in [0.15, 0.2) is 0 Å². The first kappa shape index (κ1) is 28.3. The van der Waals surface area contributed by atoms with Gasteiger partial charge in [0.05, 0.1) is 22.8 Å². The number of rotatable bonds is 11. The van der Waals surface area contributed by atoms with E-state index in [2.05, 4.69) is 20.6 Å². The summed E-state index contributed by atoms with van der Waals surface area (Å²) in [6, 6.07) is 15.2. The fraction of sp³-hybridized carbons (Fsp3) is 0.276. The molecule has 0 aliphatic carbocycles. The van der Waals surface area contributed by atoms with Crippen molar-refractivity contribution in [1.29, 1.82) is 0 Å². The number of benzene rings is 3. The van der Waals surface area contributed by atoms with Crippen LogP contribution < -0.4 is 20.1 Å². The van der Waals surface area contributed by atoms with Gasteiger partial charge < -0.3 is 20.1 Å². The topological polar surface area (TPSA) is 85.4 Å². The minimum absolute atomic E-state index is 0.0471. The van der Waals surface area contributed by atoms with Crippen molar-refractivity contribution in [2.24, 2.45) is 5.92 Å². The fourth-order valence-corrected chi connectivity index (χ4v) is 7.49. The number of halogens is 2. The Morgan fingerprint density at radius 3 is 2.70 bits per heavy atom. The maximum absolute atomic E-state index is 13.5. The van der Waals surface area contributed by atoms with Gasteiger partial charge in [0.2, 0.25) is 5.91 Å². The second-order valence-electron chi connectivity index (χ2n) is 9.23. The highest BCUT2D eigenvalue weighted by Crippen LogP contribution is 2.37. The zero-order chi connectivity index (χ0) is 27.9. The van der Waals surface area contributed by atoms with Gasteiger partial charge in [-0.05, 0) is 61.2 Å². The quantitative estimate of drug-likeness (QED) is 0.169. The van der Waals surface area contributed by atoms with Crippen molar-refractivity contribution in [3.63, 3.8) is 0 Å². The zero-order valence-electron chi connectivity index (χ0n) is 21.8. The molecule has 208 valence electrons. The zero-order valence-corrected chi connectivity index (χ0v) is 24.2. The summed E-state index contributed by atoms with van der Waals surface area (Å²) in [5.74, 6) is 3.97. The monoisotopic (exact) mass is 598 g/mol. The van der Waals surface area contributed by atoms with Crippen LogP contribution in [0, 0.1) is 11.7 Å². The maximum Gasteiger partial charge on any atom is 0.224 e. The summed E-state index contributed by atoms with van der Waals surface area (Å²) in [5, 5.41) is 7.43. The van der Waals surface area contributed by atoms with Crippen LogP contribution in [0.5, 0.6) is 11.5 Å². The van der Waals surface area contributed by atoms with Crippen LogP contribution in [0.2, 0.25) is 5.02 Å². The number of amides is 1. The van der Waals surface area contributed by atoms with Gasteiger partial charge in [-0.1, -0.05) is 45.3 Å². The molecule has 1 aliphatic rings. The number of carbonyl (C=O) groups is 1. The van der Waals surface area contributed by atoms with Crippen LogP contribution in [0.4, 0.5) is 21.6 Å². The summed E-state index contributed by atoms with van der Waals surface area (Å²) in [6.07, 6.45) is 2.79. The van der Waals surface area contributed by atoms with E-state index in [1.165, 1.54) is 18.5 Å². The third kappa shape index (κ3) is 7.30. The molecule has 1 aromatic heterocycles. The lowest BCUT2D eigenvalue weighted by Crippen LogP contribution is -2.15. The first-order valence-corrected chi connectivity index (χ1v) is 15.7. The van der Waals surface area contributed by atoms with Crippen molar-refractivity contribution < 1.29 is 18.7 Å². The molecule has 3 aromatic carbocycles. The number of carbonyl (C=O) groups excluding carboxylic acids is 1. The molecule has 7 nitrogen and oxygen atoms in total. The molecule has 1 aliphatic heterocycles. The van der Waals surface area contributed by atoms with Crippen LogP contribution in [-0.4, -0.2) is 34.0 Å². The van der Waals surface area contributed by atoms with Crippen molar-refractivity contribution in [3.8, 4) is 11.5 Å². The molecule has 0 radical (unpaired) electrons. The van der Waals surface area contributed by atoms with Gasteiger partial charge in [-0.25, -0.2) is 14.4 Å². The molecule has 0 atom stereocenters. The SMILES string of the molecule is CCOc1cc2ncnc(Nc3ccc(OCc4cccc(F)c4)c(Cl)c3)c2cc1NC(=O)CCC1CSSC1. The van der Waals surface area contributed by atoms with Gasteiger partial charge in [0, 0.05) is 35.1 Å². The average molecular weight is 599 g/mol. The maximum atomic E-state index is 13.5. The number of nitrogens with zero attached hydrogens (tertiary/aromatic N) is 2. The lowest BCUT2D eigenvalue weighted by Gasteiger charge is -2.15. The first-order valence-electron chi connectivity index (χ1n) is 12.9. The van der Waals surface area contributed by atoms with Gasteiger partial charge in [0.1, 0.15) is 36.1 Å². The normalized spacial score (nSPS) is 13.4. The number of aromatic nitrogens is 2. The van der Waals surface area contributed by atoms with Crippen molar-refractivity contribution in [2.75, 3.05) is 28.7 Å². The predicted molar refractivity (Wildman–Crippen MR) is 162 cm³/mol. The minimum Gasteiger partial charge on any atom is -0.492 e. The van der Waals surface area contributed by atoms with Crippen LogP contribution in [0.15, 0.2) is 60.9 Å². The Labute approximate surface area is 245 Å². The smallest absolute Gasteiger partial charge is 0.224 e. The van der Waals surface area contributed by atoms with E-state index >= 15 is 0 Å². The van der Waals surface area contributed by atoms with Gasteiger partial charge in [-0.3, -0.25) is 4.79 Å². The molecule has 0 bridgehead atoms. The van der Waals surface area contributed by atoms with E-state index in [-0.39, 0.29) is 18.3 Å². The molecule has 2 heterocycles. The summed E-state index contributed by atoms with van der Waals surface area (Å²) in [4.78, 5) is 21.6. The largest absolute Gasteiger partial charge is 0.492 e. The van der Waals surface area contributed by atoms with Gasteiger partial charge in [-0.2, -0.15) is 0 Å². The molecule has 1 fully saturated rings. The summed E-state index contributed by atoms with van der Waals surface area (Å²) in [5.41, 5.74) is 2.64. The second kappa shape index (κ2) is 13.4. The van der Waals surface area contributed by atoms with Crippen LogP contribution in [0.3, 0.4) is 0 Å². The fourth-order valence-electron chi connectivity index (χ4n) is 4.23. The summed E-state index contributed by atoms with van der Waals surface area (Å²) < 4.78 is 25.1. The lowest BCUT2D eigenvalue weighted by molar-refractivity contribution is -0.116. The van der Waals surface area contributed by atoms with Gasteiger partial charge in [0.25, 0.3) is 0 Å². The molecule has 0 spiro atoms. The van der Waals surface area contributed by atoms with E-state index < -0.39 is 0 Å². The molecule has 1 saturated heterocycles. The van der Waals surface area contributed by atoms with Crippen molar-refractivity contribution in [1.82, 2.24) is 9.97 Å². The lowest BCUT2D eigenvalue weighted by atomic mass is 10.1. The van der Waals surface area contributed by atoms with Crippen LogP contribution >= 0.6 is 33.2 Å². The molecule has 0 saturated carbocycles. The number of hydrogen-bond acceptors (Lipinski definition) is 8. The Balaban J connectivity index is 1.33. The predicted octanol–water partition coefficient (Wildman–Crippen LogP) is 7.87. The summed E-state index contributed by atoms with van der Waals surface area (Å²) in [6.45, 7) is 2.54. The molecule has 40 heavy (non-hydrogen) atoms. The Bertz CT molecular complexity index is 1500. The number of anilines is 3. The Morgan fingerprint density at radius 1 is 1.07 bits per heavy atom. The number of nitrogens with one attached hydrogen (secondary N) is 2. The van der Waals surface area contributed by atoms with E-state index in [1.54, 1.807) is 24.3 Å². The Hall–Kier alpha value is -3.21. The molecule has 2 N–H and O–H groups in total. The molecular formula is C29H28ClFN4O3S2. The third-order valence-corrected chi connectivity index (χ3v) is 9.25. The van der Waals surface area contributed by atoms with E-state index in [0.29, 0.717) is 69.1 Å². The third-order valence-electron chi connectivity index (χ3n) is 6.26. The van der Waals surface area contributed by atoms with Crippen molar-refractivity contribution in [3.05, 3.63) is 77.3 Å². The summed E-state index contributed by atoms with van der Waals surface area (Å²) >= 11 is 6.49. The van der Waals surface area contributed by atoms with Crippen molar-refractivity contribution >= 4 is 67.2 Å². The summed E-state index contributed by atoms with van der Waals surface area (Å²) in [7, 11) is 3.74. The molecule has 11 heteroatoms. The van der Waals surface area contributed by atoms with E-state index in [1.807, 2.05) is 46.7 Å². The Kier molecular flexibility index (Phi) is 9.51. The van der Waals surface area contributed by atoms with E-state index in [0.717, 1.165) is 17.9 Å². The first-order chi connectivity index (χ1) is 19.5. The molecule has 0 unspecified atom stereocenters. The highest BCUT2D eigenvalue weighted by Gasteiger charge is 2.19. The van der Waals surface area contributed by atoms with Gasteiger partial charge >= 0.3 is 0 Å². The number of ether oxygens (including phenoxy) is 2. The molecule has 5 rings (SSSR count). The highest BCUT2D eigenvalue weighted by molar-refractivity contribution is 8.77. The second-order valence-corrected chi connectivity index (χ2v) is 12.2. The van der Waals surface area contributed by atoms with Crippen LogP contribution in [0.25, 0.3) is 10.9 Å². The highest BCUT2D eigenvalue weighted by atomic mass is 35.5. The molecule has 4 aromatic rings.